The van der Waals surface area contributed by atoms with Crippen molar-refractivity contribution in [3.63, 3.8) is 0 Å². The number of hydrogen-bond acceptors (Lipinski definition) is 4. The van der Waals surface area contributed by atoms with Crippen molar-refractivity contribution < 1.29 is 9.53 Å². The van der Waals surface area contributed by atoms with Crippen molar-refractivity contribution >= 4 is 5.97 Å². The third-order valence-corrected chi connectivity index (χ3v) is 6.26. The van der Waals surface area contributed by atoms with Gasteiger partial charge in [0.2, 0.25) is 0 Å². The maximum Gasteiger partial charge on any atom is 0.305 e. The maximum atomic E-state index is 11.8. The Morgan fingerprint density at radius 1 is 0.828 bits per heavy atom. The third kappa shape index (κ3) is 15.8. The summed E-state index contributed by atoms with van der Waals surface area (Å²) in [6.45, 7) is 11.0. The van der Waals surface area contributed by atoms with E-state index in [1.165, 1.54) is 90.4 Å². The highest BCUT2D eigenvalue weighted by atomic mass is 16.5. The van der Waals surface area contributed by atoms with Crippen molar-refractivity contribution in [2.75, 3.05) is 39.3 Å². The molecule has 1 N–H and O–H groups in total. The fourth-order valence-corrected chi connectivity index (χ4v) is 4.17. The molecule has 172 valence electrons. The van der Waals surface area contributed by atoms with E-state index in [9.17, 15) is 4.79 Å². The summed E-state index contributed by atoms with van der Waals surface area (Å²) in [6.07, 6.45) is 18.4. The number of piperidine rings is 1. The number of nitrogens with zero attached hydrogens (tertiary/aromatic N) is 1. The van der Waals surface area contributed by atoms with Gasteiger partial charge in [-0.3, -0.25) is 4.79 Å². The Morgan fingerprint density at radius 3 is 2.14 bits per heavy atom. The number of unbranched alkanes of at least 4 members (excludes halogenated alkanes) is 8. The highest BCUT2D eigenvalue weighted by Gasteiger charge is 2.15. The van der Waals surface area contributed by atoms with Gasteiger partial charge in [0, 0.05) is 6.42 Å². The molecule has 29 heavy (non-hydrogen) atoms. The SMILES string of the molecule is CCCCCCCCCN(CCCCC(=O)OCCCC)CCC1CCNCC1. The van der Waals surface area contributed by atoms with Gasteiger partial charge in [-0.15, -0.1) is 0 Å². The van der Waals surface area contributed by atoms with Gasteiger partial charge >= 0.3 is 5.97 Å². The Bertz CT molecular complexity index is 370. The van der Waals surface area contributed by atoms with Crippen LogP contribution in [-0.2, 0) is 9.53 Å². The smallest absolute Gasteiger partial charge is 0.305 e. The van der Waals surface area contributed by atoms with Crippen molar-refractivity contribution in [1.29, 1.82) is 0 Å². The average Bonchev–Trinajstić information content (AvgIpc) is 2.74. The number of carbonyl (C=O) groups excluding carboxylic acids is 1. The molecule has 0 saturated carbocycles. The van der Waals surface area contributed by atoms with Crippen LogP contribution >= 0.6 is 0 Å². The highest BCUT2D eigenvalue weighted by Crippen LogP contribution is 2.17. The molecule has 4 heteroatoms. The summed E-state index contributed by atoms with van der Waals surface area (Å²) in [7, 11) is 0. The number of ether oxygens (including phenoxy) is 1. The van der Waals surface area contributed by atoms with Gasteiger partial charge in [-0.1, -0.05) is 58.8 Å². The molecule has 1 rings (SSSR count). The van der Waals surface area contributed by atoms with Crippen molar-refractivity contribution in [3.8, 4) is 0 Å². The fraction of sp³-hybridized carbons (Fsp3) is 0.960. The molecule has 0 unspecified atom stereocenters. The lowest BCUT2D eigenvalue weighted by molar-refractivity contribution is -0.143. The minimum Gasteiger partial charge on any atom is -0.466 e. The predicted octanol–water partition coefficient (Wildman–Crippen LogP) is 5.94. The molecule has 1 fully saturated rings. The summed E-state index contributed by atoms with van der Waals surface area (Å²) in [4.78, 5) is 14.4. The predicted molar refractivity (Wildman–Crippen MR) is 124 cm³/mol. The van der Waals surface area contributed by atoms with Crippen LogP contribution in [0.5, 0.6) is 0 Å². The summed E-state index contributed by atoms with van der Waals surface area (Å²) in [5.74, 6) is 0.896. The van der Waals surface area contributed by atoms with E-state index in [0.717, 1.165) is 38.1 Å². The molecule has 1 aliphatic rings. The lowest BCUT2D eigenvalue weighted by Gasteiger charge is -2.27. The molecule has 1 saturated heterocycles. The minimum absolute atomic E-state index is 0.00761. The molecule has 1 aliphatic heterocycles. The second kappa shape index (κ2) is 19.4. The van der Waals surface area contributed by atoms with Crippen LogP contribution < -0.4 is 5.32 Å². The van der Waals surface area contributed by atoms with E-state index < -0.39 is 0 Å². The van der Waals surface area contributed by atoms with Crippen LogP contribution in [0.15, 0.2) is 0 Å². The first kappa shape index (κ1) is 26.4. The number of hydrogen-bond donors (Lipinski definition) is 1. The van der Waals surface area contributed by atoms with Crippen LogP contribution in [0.1, 0.15) is 110 Å². The van der Waals surface area contributed by atoms with E-state index in [1.807, 2.05) is 0 Å². The van der Waals surface area contributed by atoms with Gasteiger partial charge in [0.1, 0.15) is 0 Å². The molecule has 0 atom stereocenters. The molecule has 4 nitrogen and oxygen atoms in total. The van der Waals surface area contributed by atoms with Gasteiger partial charge in [-0.05, 0) is 83.6 Å². The average molecular weight is 411 g/mol. The minimum atomic E-state index is -0.00761. The highest BCUT2D eigenvalue weighted by molar-refractivity contribution is 5.69. The molecule has 0 aromatic rings. The molecular formula is C25H50N2O2. The van der Waals surface area contributed by atoms with Crippen LogP contribution in [0, 0.1) is 5.92 Å². The molecule has 1 heterocycles. The van der Waals surface area contributed by atoms with Gasteiger partial charge in [0.15, 0.2) is 0 Å². The zero-order valence-corrected chi connectivity index (χ0v) is 19.7. The van der Waals surface area contributed by atoms with Crippen LogP contribution in [0.25, 0.3) is 0 Å². The molecule has 0 radical (unpaired) electrons. The fourth-order valence-electron chi connectivity index (χ4n) is 4.17. The number of carbonyl (C=O) groups is 1. The Balaban J connectivity index is 2.19. The molecule has 0 spiro atoms. The Labute approximate surface area is 181 Å². The van der Waals surface area contributed by atoms with Gasteiger partial charge in [0.25, 0.3) is 0 Å². The van der Waals surface area contributed by atoms with Gasteiger partial charge in [-0.2, -0.15) is 0 Å². The Morgan fingerprint density at radius 2 is 1.45 bits per heavy atom. The van der Waals surface area contributed by atoms with Gasteiger partial charge in [0.05, 0.1) is 6.61 Å². The van der Waals surface area contributed by atoms with Crippen LogP contribution in [0.4, 0.5) is 0 Å². The van der Waals surface area contributed by atoms with Crippen LogP contribution in [0.2, 0.25) is 0 Å². The zero-order chi connectivity index (χ0) is 21.0. The Hall–Kier alpha value is -0.610. The van der Waals surface area contributed by atoms with Gasteiger partial charge in [-0.25, -0.2) is 0 Å². The van der Waals surface area contributed by atoms with Gasteiger partial charge < -0.3 is 15.0 Å². The topological polar surface area (TPSA) is 41.6 Å². The standard InChI is InChI=1S/C25H50N2O2/c1-3-5-7-8-9-10-12-20-27(22-17-24-15-18-26-19-16-24)21-13-11-14-25(28)29-23-6-4-2/h24,26H,3-23H2,1-2H3. The van der Waals surface area contributed by atoms with Crippen molar-refractivity contribution in [2.24, 2.45) is 5.92 Å². The first-order valence-electron chi connectivity index (χ1n) is 12.8. The van der Waals surface area contributed by atoms with E-state index in [1.54, 1.807) is 0 Å². The van der Waals surface area contributed by atoms with E-state index in [2.05, 4.69) is 24.1 Å². The van der Waals surface area contributed by atoms with Crippen molar-refractivity contribution in [3.05, 3.63) is 0 Å². The zero-order valence-electron chi connectivity index (χ0n) is 19.7. The maximum absolute atomic E-state index is 11.8. The molecule has 0 aromatic heterocycles. The van der Waals surface area contributed by atoms with E-state index in [4.69, 9.17) is 4.74 Å². The first-order valence-corrected chi connectivity index (χ1v) is 12.8. The van der Waals surface area contributed by atoms with Crippen molar-refractivity contribution in [1.82, 2.24) is 10.2 Å². The number of nitrogens with one attached hydrogen (secondary N) is 1. The summed E-state index contributed by atoms with van der Waals surface area (Å²) in [6, 6.07) is 0. The molecule has 0 aliphatic carbocycles. The lowest BCUT2D eigenvalue weighted by atomic mass is 9.94. The monoisotopic (exact) mass is 410 g/mol. The second-order valence-corrected chi connectivity index (χ2v) is 8.98. The molecule has 0 amide bonds. The quantitative estimate of drug-likeness (QED) is 0.211. The van der Waals surface area contributed by atoms with Crippen LogP contribution in [-0.4, -0.2) is 50.2 Å². The number of rotatable bonds is 19. The largest absolute Gasteiger partial charge is 0.466 e. The summed E-state index contributed by atoms with van der Waals surface area (Å²) in [5.41, 5.74) is 0. The summed E-state index contributed by atoms with van der Waals surface area (Å²) >= 11 is 0. The molecular weight excluding hydrogens is 360 g/mol. The van der Waals surface area contributed by atoms with Crippen molar-refractivity contribution in [2.45, 2.75) is 110 Å². The third-order valence-electron chi connectivity index (χ3n) is 6.26. The lowest BCUT2D eigenvalue weighted by Crippen LogP contribution is -2.32. The first-order chi connectivity index (χ1) is 14.3. The molecule has 0 bridgehead atoms. The van der Waals surface area contributed by atoms with Crippen LogP contribution in [0.3, 0.4) is 0 Å². The van der Waals surface area contributed by atoms with E-state index in [-0.39, 0.29) is 5.97 Å². The normalized spacial score (nSPS) is 15.1. The summed E-state index contributed by atoms with van der Waals surface area (Å²) < 4.78 is 5.28. The van der Waals surface area contributed by atoms with E-state index in [0.29, 0.717) is 13.0 Å². The van der Waals surface area contributed by atoms with E-state index >= 15 is 0 Å². The second-order valence-electron chi connectivity index (χ2n) is 8.98. The number of esters is 1. The Kier molecular flexibility index (Phi) is 17.6. The summed E-state index contributed by atoms with van der Waals surface area (Å²) in [5, 5.41) is 3.48. The molecule has 0 aromatic carbocycles.